The van der Waals surface area contributed by atoms with Crippen molar-refractivity contribution in [2.24, 2.45) is 0 Å². The highest BCUT2D eigenvalue weighted by Gasteiger charge is 2.14. The van der Waals surface area contributed by atoms with Gasteiger partial charge in [0, 0.05) is 29.8 Å². The highest BCUT2D eigenvalue weighted by Crippen LogP contribution is 2.23. The molecule has 2 nitrogen and oxygen atoms in total. The van der Waals surface area contributed by atoms with E-state index in [-0.39, 0.29) is 0 Å². The van der Waals surface area contributed by atoms with Gasteiger partial charge in [0.15, 0.2) is 0 Å². The lowest BCUT2D eigenvalue weighted by Crippen LogP contribution is -2.26. The van der Waals surface area contributed by atoms with E-state index in [1.165, 1.54) is 16.7 Å². The molecule has 0 fully saturated rings. The minimum atomic E-state index is 0.809. The van der Waals surface area contributed by atoms with Gasteiger partial charge in [-0.3, -0.25) is 4.90 Å². The third-order valence-corrected chi connectivity index (χ3v) is 4.72. The van der Waals surface area contributed by atoms with Crippen LogP contribution in [0, 0.1) is 0 Å². The van der Waals surface area contributed by atoms with E-state index in [1.54, 1.807) is 0 Å². The lowest BCUT2D eigenvalue weighted by Gasteiger charge is -2.20. The van der Waals surface area contributed by atoms with Crippen LogP contribution < -0.4 is 5.73 Å². The lowest BCUT2D eigenvalue weighted by molar-refractivity contribution is 0.279. The highest BCUT2D eigenvalue weighted by atomic mass is 79.9. The number of halogens is 1. The molecule has 0 aliphatic carbocycles. The largest absolute Gasteiger partial charge is 0.399 e. The third-order valence-electron chi connectivity index (χ3n) is 3.98. The van der Waals surface area contributed by atoms with E-state index in [2.05, 4.69) is 51.2 Å². The Morgan fingerprint density at radius 1 is 1.00 bits per heavy atom. The molecule has 0 amide bonds. The molecule has 0 aromatic heterocycles. The molecular formula is C17H19BrN2. The van der Waals surface area contributed by atoms with Crippen molar-refractivity contribution in [1.82, 2.24) is 4.90 Å². The van der Waals surface area contributed by atoms with Crippen LogP contribution in [0.5, 0.6) is 0 Å². The Kier molecular flexibility index (Phi) is 4.08. The Labute approximate surface area is 128 Å². The van der Waals surface area contributed by atoms with Crippen molar-refractivity contribution in [3.05, 3.63) is 63.6 Å². The number of nitrogen functional groups attached to an aromatic ring is 1. The monoisotopic (exact) mass is 330 g/mol. The molecule has 1 heterocycles. The van der Waals surface area contributed by atoms with Gasteiger partial charge in [0.1, 0.15) is 0 Å². The van der Waals surface area contributed by atoms with Crippen LogP contribution in [0.2, 0.25) is 0 Å². The zero-order chi connectivity index (χ0) is 13.9. The zero-order valence-electron chi connectivity index (χ0n) is 11.5. The normalized spacial score (nSPS) is 15.7. The first-order chi connectivity index (χ1) is 9.72. The van der Waals surface area contributed by atoms with Crippen LogP contribution in [0.3, 0.4) is 0 Å². The quantitative estimate of drug-likeness (QED) is 0.852. The van der Waals surface area contributed by atoms with Gasteiger partial charge in [0.25, 0.3) is 0 Å². The fraction of sp³-hybridized carbons (Fsp3) is 0.294. The molecule has 20 heavy (non-hydrogen) atoms. The summed E-state index contributed by atoms with van der Waals surface area (Å²) >= 11 is 3.62. The first kappa shape index (κ1) is 13.7. The summed E-state index contributed by atoms with van der Waals surface area (Å²) in [6, 6.07) is 14.9. The Balaban J connectivity index is 1.71. The van der Waals surface area contributed by atoms with Crippen molar-refractivity contribution < 1.29 is 0 Å². The zero-order valence-corrected chi connectivity index (χ0v) is 13.1. The smallest absolute Gasteiger partial charge is 0.0325 e. The topological polar surface area (TPSA) is 29.3 Å². The molecule has 3 rings (SSSR count). The van der Waals surface area contributed by atoms with Crippen molar-refractivity contribution in [3.8, 4) is 0 Å². The Bertz CT molecular complexity index is 583. The van der Waals surface area contributed by atoms with Crippen LogP contribution in [-0.4, -0.2) is 18.0 Å². The molecule has 1 aliphatic rings. The van der Waals surface area contributed by atoms with E-state index in [9.17, 15) is 0 Å². The van der Waals surface area contributed by atoms with Gasteiger partial charge < -0.3 is 5.73 Å². The van der Waals surface area contributed by atoms with Gasteiger partial charge in [-0.05, 0) is 41.7 Å². The SMILES string of the molecule is Nc1ccc(CN2CCc3ccccc3CC2)c(Br)c1. The van der Waals surface area contributed by atoms with Crippen LogP contribution in [0.15, 0.2) is 46.9 Å². The lowest BCUT2D eigenvalue weighted by atomic mass is 10.0. The van der Waals surface area contributed by atoms with Crippen LogP contribution in [0.4, 0.5) is 5.69 Å². The molecule has 3 heteroatoms. The average Bonchev–Trinajstić information content (AvgIpc) is 2.65. The molecule has 104 valence electrons. The number of benzene rings is 2. The first-order valence-electron chi connectivity index (χ1n) is 7.05. The summed E-state index contributed by atoms with van der Waals surface area (Å²) in [6.45, 7) is 3.22. The molecule has 2 N–H and O–H groups in total. The second-order valence-corrected chi connectivity index (χ2v) is 6.25. The molecule has 1 aliphatic heterocycles. The Hall–Kier alpha value is -1.32. The maximum atomic E-state index is 5.80. The van der Waals surface area contributed by atoms with Crippen molar-refractivity contribution >= 4 is 21.6 Å². The van der Waals surface area contributed by atoms with Gasteiger partial charge in [-0.2, -0.15) is 0 Å². The summed E-state index contributed by atoms with van der Waals surface area (Å²) in [6.07, 6.45) is 2.28. The molecule has 0 saturated carbocycles. The minimum absolute atomic E-state index is 0.809. The number of rotatable bonds is 2. The summed E-state index contributed by atoms with van der Waals surface area (Å²) in [4.78, 5) is 2.52. The predicted molar refractivity (Wildman–Crippen MR) is 87.7 cm³/mol. The van der Waals surface area contributed by atoms with E-state index in [1.807, 2.05) is 12.1 Å². The van der Waals surface area contributed by atoms with Crippen molar-refractivity contribution in [1.29, 1.82) is 0 Å². The van der Waals surface area contributed by atoms with E-state index >= 15 is 0 Å². The summed E-state index contributed by atoms with van der Waals surface area (Å²) in [5.41, 5.74) is 10.9. The molecule has 2 aromatic rings. The molecule has 0 unspecified atom stereocenters. The first-order valence-corrected chi connectivity index (χ1v) is 7.85. The fourth-order valence-corrected chi connectivity index (χ4v) is 3.33. The van der Waals surface area contributed by atoms with Gasteiger partial charge in [0.2, 0.25) is 0 Å². The standard InChI is InChI=1S/C17H19BrN2/c18-17-11-16(19)6-5-15(17)12-20-9-7-13-3-1-2-4-14(13)8-10-20/h1-6,11H,7-10,12,19H2. The Morgan fingerprint density at radius 3 is 2.25 bits per heavy atom. The average molecular weight is 331 g/mol. The maximum absolute atomic E-state index is 5.80. The molecule has 0 spiro atoms. The fourth-order valence-electron chi connectivity index (χ4n) is 2.81. The second kappa shape index (κ2) is 5.98. The van der Waals surface area contributed by atoms with Crippen LogP contribution in [-0.2, 0) is 19.4 Å². The number of hydrogen-bond donors (Lipinski definition) is 1. The van der Waals surface area contributed by atoms with E-state index in [0.29, 0.717) is 0 Å². The van der Waals surface area contributed by atoms with Crippen molar-refractivity contribution in [2.45, 2.75) is 19.4 Å². The van der Waals surface area contributed by atoms with Gasteiger partial charge in [-0.25, -0.2) is 0 Å². The summed E-state index contributed by atoms with van der Waals surface area (Å²) in [7, 11) is 0. The summed E-state index contributed by atoms with van der Waals surface area (Å²) < 4.78 is 1.11. The number of nitrogens with zero attached hydrogens (tertiary/aromatic N) is 1. The molecule has 0 atom stereocenters. The molecule has 0 bridgehead atoms. The second-order valence-electron chi connectivity index (χ2n) is 5.40. The van der Waals surface area contributed by atoms with E-state index in [4.69, 9.17) is 5.73 Å². The summed E-state index contributed by atoms with van der Waals surface area (Å²) in [5, 5.41) is 0. The predicted octanol–water partition coefficient (Wildman–Crippen LogP) is 3.63. The molecule has 2 aromatic carbocycles. The highest BCUT2D eigenvalue weighted by molar-refractivity contribution is 9.10. The minimum Gasteiger partial charge on any atom is -0.399 e. The van der Waals surface area contributed by atoms with Gasteiger partial charge in [0.05, 0.1) is 0 Å². The van der Waals surface area contributed by atoms with Crippen LogP contribution in [0.1, 0.15) is 16.7 Å². The van der Waals surface area contributed by atoms with Gasteiger partial charge >= 0.3 is 0 Å². The van der Waals surface area contributed by atoms with E-state index < -0.39 is 0 Å². The molecule has 0 radical (unpaired) electrons. The van der Waals surface area contributed by atoms with Crippen molar-refractivity contribution in [3.63, 3.8) is 0 Å². The van der Waals surface area contributed by atoms with Crippen LogP contribution >= 0.6 is 15.9 Å². The molecule has 0 saturated heterocycles. The van der Waals surface area contributed by atoms with Gasteiger partial charge in [-0.1, -0.05) is 46.3 Å². The number of hydrogen-bond acceptors (Lipinski definition) is 2. The van der Waals surface area contributed by atoms with Crippen LogP contribution in [0.25, 0.3) is 0 Å². The number of fused-ring (bicyclic) bond motifs is 1. The number of anilines is 1. The number of nitrogens with two attached hydrogens (primary N) is 1. The summed E-state index contributed by atoms with van der Waals surface area (Å²) in [5.74, 6) is 0. The van der Waals surface area contributed by atoms with E-state index in [0.717, 1.165) is 42.6 Å². The third kappa shape index (κ3) is 3.05. The maximum Gasteiger partial charge on any atom is 0.0325 e. The van der Waals surface area contributed by atoms with Gasteiger partial charge in [-0.15, -0.1) is 0 Å². The molecular weight excluding hydrogens is 312 g/mol. The van der Waals surface area contributed by atoms with Crippen molar-refractivity contribution in [2.75, 3.05) is 18.8 Å². The Morgan fingerprint density at radius 2 is 1.65 bits per heavy atom.